The third-order valence-corrected chi connectivity index (χ3v) is 4.90. The molecule has 102 valence electrons. The van der Waals surface area contributed by atoms with Gasteiger partial charge in [-0.05, 0) is 47.2 Å². The first-order valence-corrected chi connectivity index (χ1v) is 8.54. The van der Waals surface area contributed by atoms with Crippen molar-refractivity contribution in [2.24, 2.45) is 0 Å². The van der Waals surface area contributed by atoms with Gasteiger partial charge in [-0.3, -0.25) is 4.72 Å². The molecule has 2 N–H and O–H groups in total. The highest BCUT2D eigenvalue weighted by Gasteiger charge is 2.12. The average molecular weight is 382 g/mol. The molecule has 1 aromatic carbocycles. The summed E-state index contributed by atoms with van der Waals surface area (Å²) in [7, 11) is -3.29. The van der Waals surface area contributed by atoms with Gasteiger partial charge in [-0.15, -0.1) is 0 Å². The lowest BCUT2D eigenvalue weighted by atomic mass is 10.2. The van der Waals surface area contributed by atoms with E-state index in [9.17, 15) is 8.42 Å². The van der Waals surface area contributed by atoms with Crippen LogP contribution in [-0.2, 0) is 10.0 Å². The lowest BCUT2D eigenvalue weighted by Gasteiger charge is -2.12. The molecule has 0 fully saturated rings. The van der Waals surface area contributed by atoms with Crippen LogP contribution in [0.4, 0.5) is 5.69 Å². The number of rotatable bonds is 6. The van der Waals surface area contributed by atoms with Crippen LogP contribution in [0.25, 0.3) is 0 Å². The molecule has 0 bridgehead atoms. The van der Waals surface area contributed by atoms with Crippen LogP contribution >= 0.6 is 22.6 Å². The van der Waals surface area contributed by atoms with Crippen molar-refractivity contribution in [3.63, 3.8) is 0 Å². The summed E-state index contributed by atoms with van der Waals surface area (Å²) >= 11 is 2.19. The third-order valence-electron chi connectivity index (χ3n) is 2.46. The Morgan fingerprint density at radius 1 is 1.33 bits per heavy atom. The Bertz CT molecular complexity index is 501. The van der Waals surface area contributed by atoms with Gasteiger partial charge >= 0.3 is 0 Å². The van der Waals surface area contributed by atoms with E-state index in [1.165, 1.54) is 0 Å². The number of nitrogens with one attached hydrogen (secondary N) is 2. The van der Waals surface area contributed by atoms with Crippen LogP contribution in [0.1, 0.15) is 19.4 Å². The molecule has 0 saturated heterocycles. The van der Waals surface area contributed by atoms with Crippen molar-refractivity contribution in [2.45, 2.75) is 26.8 Å². The summed E-state index contributed by atoms with van der Waals surface area (Å²) in [5.41, 5.74) is 1.62. The minimum atomic E-state index is -3.29. The second-order valence-electron chi connectivity index (χ2n) is 4.44. The molecular formula is C12H19IN2O2S. The summed E-state index contributed by atoms with van der Waals surface area (Å²) in [6.45, 7) is 6.34. The maximum atomic E-state index is 11.9. The van der Waals surface area contributed by atoms with Gasteiger partial charge in [0, 0.05) is 16.2 Å². The van der Waals surface area contributed by atoms with Gasteiger partial charge in [0.05, 0.1) is 11.4 Å². The zero-order valence-electron chi connectivity index (χ0n) is 10.8. The Morgan fingerprint density at radius 3 is 2.61 bits per heavy atom. The SMILES string of the molecule is Cc1c(I)cccc1NS(=O)(=O)CCNC(C)C. The minimum absolute atomic E-state index is 0.0795. The molecule has 0 unspecified atom stereocenters. The number of benzene rings is 1. The number of sulfonamides is 1. The fraction of sp³-hybridized carbons (Fsp3) is 0.500. The van der Waals surface area contributed by atoms with E-state index >= 15 is 0 Å². The van der Waals surface area contributed by atoms with E-state index in [2.05, 4.69) is 32.6 Å². The number of hydrogen-bond acceptors (Lipinski definition) is 3. The van der Waals surface area contributed by atoms with E-state index in [1.54, 1.807) is 6.07 Å². The van der Waals surface area contributed by atoms with Crippen LogP contribution < -0.4 is 10.0 Å². The van der Waals surface area contributed by atoms with Crippen molar-refractivity contribution in [1.82, 2.24) is 5.32 Å². The average Bonchev–Trinajstić information content (AvgIpc) is 2.23. The molecule has 18 heavy (non-hydrogen) atoms. The molecule has 0 radical (unpaired) electrons. The maximum absolute atomic E-state index is 11.9. The molecule has 0 saturated carbocycles. The van der Waals surface area contributed by atoms with Crippen LogP contribution in [0, 0.1) is 10.5 Å². The second kappa shape index (κ2) is 6.72. The Morgan fingerprint density at radius 2 is 2.00 bits per heavy atom. The first-order valence-electron chi connectivity index (χ1n) is 5.81. The molecule has 6 heteroatoms. The molecular weight excluding hydrogens is 363 g/mol. The molecule has 0 atom stereocenters. The summed E-state index contributed by atoms with van der Waals surface area (Å²) < 4.78 is 27.5. The van der Waals surface area contributed by atoms with Crippen molar-refractivity contribution in [1.29, 1.82) is 0 Å². The standard InChI is InChI=1S/C12H19IN2O2S/c1-9(2)14-7-8-18(16,17)15-12-6-4-5-11(13)10(12)3/h4-6,9,14-15H,7-8H2,1-3H3. The van der Waals surface area contributed by atoms with Crippen LogP contribution in [0.3, 0.4) is 0 Å². The molecule has 0 aliphatic heterocycles. The molecule has 0 aliphatic carbocycles. The van der Waals surface area contributed by atoms with Gasteiger partial charge in [0.2, 0.25) is 10.0 Å². The van der Waals surface area contributed by atoms with E-state index in [-0.39, 0.29) is 5.75 Å². The Kier molecular flexibility index (Phi) is 5.87. The first kappa shape index (κ1) is 15.7. The van der Waals surface area contributed by atoms with Crippen molar-refractivity contribution >= 4 is 38.3 Å². The molecule has 4 nitrogen and oxygen atoms in total. The van der Waals surface area contributed by atoms with Crippen molar-refractivity contribution in [3.8, 4) is 0 Å². The summed E-state index contributed by atoms with van der Waals surface area (Å²) in [5.74, 6) is 0.0795. The van der Waals surface area contributed by atoms with Crippen molar-refractivity contribution in [2.75, 3.05) is 17.0 Å². The highest BCUT2D eigenvalue weighted by atomic mass is 127. The fourth-order valence-corrected chi connectivity index (χ4v) is 2.96. The predicted octanol–water partition coefficient (Wildman–Crippen LogP) is 2.34. The van der Waals surface area contributed by atoms with Crippen LogP contribution in [-0.4, -0.2) is 26.8 Å². The van der Waals surface area contributed by atoms with Gasteiger partial charge in [0.15, 0.2) is 0 Å². The van der Waals surface area contributed by atoms with Crippen molar-refractivity contribution in [3.05, 3.63) is 27.3 Å². The van der Waals surface area contributed by atoms with Crippen molar-refractivity contribution < 1.29 is 8.42 Å². The molecule has 0 spiro atoms. The number of halogens is 1. The molecule has 0 amide bonds. The summed E-state index contributed by atoms with van der Waals surface area (Å²) in [6, 6.07) is 5.87. The quantitative estimate of drug-likeness (QED) is 0.743. The third kappa shape index (κ3) is 5.11. The highest BCUT2D eigenvalue weighted by Crippen LogP contribution is 2.21. The normalized spacial score (nSPS) is 11.8. The monoisotopic (exact) mass is 382 g/mol. The Labute approximate surface area is 123 Å². The Hall–Kier alpha value is -0.340. The molecule has 1 rings (SSSR count). The van der Waals surface area contributed by atoms with E-state index in [0.717, 1.165) is 9.13 Å². The lowest BCUT2D eigenvalue weighted by Crippen LogP contribution is -2.31. The van der Waals surface area contributed by atoms with Crippen LogP contribution in [0.5, 0.6) is 0 Å². The van der Waals surface area contributed by atoms with Crippen LogP contribution in [0.2, 0.25) is 0 Å². The zero-order valence-corrected chi connectivity index (χ0v) is 13.8. The molecule has 0 aliphatic rings. The highest BCUT2D eigenvalue weighted by molar-refractivity contribution is 14.1. The van der Waals surface area contributed by atoms with Gasteiger partial charge in [-0.25, -0.2) is 8.42 Å². The maximum Gasteiger partial charge on any atom is 0.233 e. The van der Waals surface area contributed by atoms with Gasteiger partial charge in [-0.1, -0.05) is 19.9 Å². The molecule has 0 heterocycles. The summed E-state index contributed by atoms with van der Waals surface area (Å²) in [5, 5.41) is 3.09. The van der Waals surface area contributed by atoms with E-state index < -0.39 is 10.0 Å². The lowest BCUT2D eigenvalue weighted by molar-refractivity contribution is 0.582. The zero-order chi connectivity index (χ0) is 13.8. The first-order chi connectivity index (χ1) is 8.32. The predicted molar refractivity (Wildman–Crippen MR) is 84.4 cm³/mol. The smallest absolute Gasteiger partial charge is 0.233 e. The largest absolute Gasteiger partial charge is 0.313 e. The van der Waals surface area contributed by atoms with Gasteiger partial charge in [0.25, 0.3) is 0 Å². The second-order valence-corrected chi connectivity index (χ2v) is 7.45. The summed E-state index contributed by atoms with van der Waals surface area (Å²) in [4.78, 5) is 0. The van der Waals surface area contributed by atoms with E-state index in [1.807, 2.05) is 32.9 Å². The topological polar surface area (TPSA) is 58.2 Å². The summed E-state index contributed by atoms with van der Waals surface area (Å²) in [6.07, 6.45) is 0. The fourth-order valence-electron chi connectivity index (χ4n) is 1.42. The molecule has 1 aromatic rings. The minimum Gasteiger partial charge on any atom is -0.313 e. The Balaban J connectivity index is 2.68. The van der Waals surface area contributed by atoms with E-state index in [4.69, 9.17) is 0 Å². The van der Waals surface area contributed by atoms with Gasteiger partial charge in [-0.2, -0.15) is 0 Å². The number of hydrogen-bond donors (Lipinski definition) is 2. The van der Waals surface area contributed by atoms with Gasteiger partial charge < -0.3 is 5.32 Å². The molecule has 0 aromatic heterocycles. The van der Waals surface area contributed by atoms with Gasteiger partial charge in [0.1, 0.15) is 0 Å². The number of anilines is 1. The van der Waals surface area contributed by atoms with E-state index in [0.29, 0.717) is 18.3 Å². The van der Waals surface area contributed by atoms with Crippen LogP contribution in [0.15, 0.2) is 18.2 Å².